The molecule has 0 fully saturated rings. The molecule has 2 aromatic heterocycles. The number of ketones is 1. The Hall–Kier alpha value is -1.96. The molecule has 1 aliphatic rings. The first-order valence-corrected chi connectivity index (χ1v) is 10.8. The number of carbonyl (C=O) groups excluding carboxylic acids is 2. The molecule has 2 aromatic rings. The molecule has 0 saturated heterocycles. The predicted molar refractivity (Wildman–Crippen MR) is 110 cm³/mol. The van der Waals surface area contributed by atoms with Crippen LogP contribution in [-0.4, -0.2) is 52.8 Å². The zero-order valence-electron chi connectivity index (χ0n) is 15.8. The van der Waals surface area contributed by atoms with Crippen molar-refractivity contribution >= 4 is 34.4 Å². The van der Waals surface area contributed by atoms with Gasteiger partial charge in [0.25, 0.3) is 5.91 Å². The average Bonchev–Trinajstić information content (AvgIpc) is 3.38. The monoisotopic (exact) mass is 404 g/mol. The molecule has 0 aromatic carbocycles. The number of hydrogen-bond donors (Lipinski definition) is 1. The zero-order valence-corrected chi connectivity index (χ0v) is 17.4. The number of carbonyl (C=O) groups is 2. The zero-order chi connectivity index (χ0) is 19.6. The van der Waals surface area contributed by atoms with E-state index < -0.39 is 17.7 Å². The maximum atomic E-state index is 13.1. The Morgan fingerprint density at radius 1 is 1.22 bits per heavy atom. The summed E-state index contributed by atoms with van der Waals surface area (Å²) in [4.78, 5) is 31.3. The fourth-order valence-corrected chi connectivity index (χ4v) is 5.11. The summed E-state index contributed by atoms with van der Waals surface area (Å²) in [7, 11) is 0. The number of rotatable bonds is 8. The van der Waals surface area contributed by atoms with E-state index in [2.05, 4.69) is 18.7 Å². The smallest absolute Gasteiger partial charge is 0.290 e. The van der Waals surface area contributed by atoms with Gasteiger partial charge in [0.15, 0.2) is 5.76 Å². The molecule has 3 heterocycles. The van der Waals surface area contributed by atoms with Gasteiger partial charge in [-0.15, -0.1) is 22.7 Å². The Labute approximate surface area is 167 Å². The number of amides is 1. The lowest BCUT2D eigenvalue weighted by atomic mass is 9.99. The first-order valence-electron chi connectivity index (χ1n) is 9.08. The summed E-state index contributed by atoms with van der Waals surface area (Å²) in [5.74, 6) is -1.13. The average molecular weight is 405 g/mol. The molecule has 1 amide bonds. The standard InChI is InChI=1S/C20H24N2O3S2/c1-4-21(5-2)9-10-22-16(19-13(3)8-12-27-19)15(18(24)20(22)25)17(23)14-7-6-11-26-14/h6-8,11-12,16,24H,4-5,9-10H2,1-3H3. The van der Waals surface area contributed by atoms with Crippen LogP contribution in [0.15, 0.2) is 40.3 Å². The van der Waals surface area contributed by atoms with Crippen molar-refractivity contribution < 1.29 is 14.7 Å². The second-order valence-corrected chi connectivity index (χ2v) is 8.36. The summed E-state index contributed by atoms with van der Waals surface area (Å²) in [5, 5.41) is 14.4. The molecule has 0 radical (unpaired) electrons. The highest BCUT2D eigenvalue weighted by molar-refractivity contribution is 7.12. The number of likely N-dealkylation sites (N-methyl/N-ethyl adjacent to an activating group) is 1. The van der Waals surface area contributed by atoms with Crippen LogP contribution < -0.4 is 0 Å². The quantitative estimate of drug-likeness (QED) is 0.675. The molecule has 0 aliphatic carbocycles. The van der Waals surface area contributed by atoms with E-state index in [0.29, 0.717) is 18.0 Å². The second-order valence-electron chi connectivity index (χ2n) is 6.46. The minimum Gasteiger partial charge on any atom is -0.503 e. The lowest BCUT2D eigenvalue weighted by molar-refractivity contribution is -0.129. The van der Waals surface area contributed by atoms with E-state index in [1.165, 1.54) is 22.7 Å². The maximum absolute atomic E-state index is 13.1. The largest absolute Gasteiger partial charge is 0.503 e. The molecule has 27 heavy (non-hydrogen) atoms. The van der Waals surface area contributed by atoms with Crippen molar-refractivity contribution in [1.82, 2.24) is 9.80 Å². The number of aryl methyl sites for hydroxylation is 1. The predicted octanol–water partition coefficient (Wildman–Crippen LogP) is 4.04. The molecule has 0 spiro atoms. The van der Waals surface area contributed by atoms with Crippen LogP contribution in [0.5, 0.6) is 0 Å². The Balaban J connectivity index is 1.99. The molecule has 1 N–H and O–H groups in total. The molecule has 0 saturated carbocycles. The lowest BCUT2D eigenvalue weighted by Crippen LogP contribution is -2.38. The van der Waals surface area contributed by atoms with Crippen molar-refractivity contribution in [2.75, 3.05) is 26.2 Å². The lowest BCUT2D eigenvalue weighted by Gasteiger charge is -2.29. The first kappa shape index (κ1) is 19.8. The van der Waals surface area contributed by atoms with Crippen LogP contribution in [0.2, 0.25) is 0 Å². The highest BCUT2D eigenvalue weighted by Gasteiger charge is 2.44. The van der Waals surface area contributed by atoms with Crippen LogP contribution in [0, 0.1) is 6.92 Å². The summed E-state index contributed by atoms with van der Waals surface area (Å²) in [5.41, 5.74) is 1.23. The van der Waals surface area contributed by atoms with Gasteiger partial charge in [-0.05, 0) is 48.5 Å². The number of nitrogens with zero attached hydrogens (tertiary/aromatic N) is 2. The summed E-state index contributed by atoms with van der Waals surface area (Å²) in [6.45, 7) is 9.08. The Bertz CT molecular complexity index is 850. The molecule has 3 rings (SSSR count). The Morgan fingerprint density at radius 3 is 2.52 bits per heavy atom. The van der Waals surface area contributed by atoms with Crippen LogP contribution >= 0.6 is 22.7 Å². The molecule has 0 bridgehead atoms. The minimum absolute atomic E-state index is 0.201. The maximum Gasteiger partial charge on any atom is 0.290 e. The van der Waals surface area contributed by atoms with Crippen molar-refractivity contribution in [3.63, 3.8) is 0 Å². The third-order valence-electron chi connectivity index (χ3n) is 4.99. The van der Waals surface area contributed by atoms with E-state index in [1.54, 1.807) is 17.0 Å². The molecule has 1 unspecified atom stereocenters. The van der Waals surface area contributed by atoms with Crippen molar-refractivity contribution in [2.45, 2.75) is 26.8 Å². The van der Waals surface area contributed by atoms with E-state index in [1.807, 2.05) is 23.8 Å². The SMILES string of the molecule is CCN(CC)CCN1C(=O)C(O)=C(C(=O)c2cccs2)C1c1sccc1C. The summed E-state index contributed by atoms with van der Waals surface area (Å²) < 4.78 is 0. The molecule has 7 heteroatoms. The normalized spacial score (nSPS) is 17.4. The van der Waals surface area contributed by atoms with Gasteiger partial charge in [-0.2, -0.15) is 0 Å². The number of aliphatic hydroxyl groups excluding tert-OH is 1. The van der Waals surface area contributed by atoms with Gasteiger partial charge in [-0.25, -0.2) is 0 Å². The van der Waals surface area contributed by atoms with E-state index in [4.69, 9.17) is 0 Å². The first-order chi connectivity index (χ1) is 13.0. The third-order valence-corrected chi connectivity index (χ3v) is 6.93. The summed E-state index contributed by atoms with van der Waals surface area (Å²) >= 11 is 2.84. The van der Waals surface area contributed by atoms with Gasteiger partial charge in [0, 0.05) is 18.0 Å². The van der Waals surface area contributed by atoms with Crippen LogP contribution in [-0.2, 0) is 4.79 Å². The third kappa shape index (κ3) is 3.72. The van der Waals surface area contributed by atoms with E-state index in [0.717, 1.165) is 23.5 Å². The number of aliphatic hydroxyl groups is 1. The van der Waals surface area contributed by atoms with Gasteiger partial charge < -0.3 is 14.9 Å². The van der Waals surface area contributed by atoms with Crippen LogP contribution in [0.3, 0.4) is 0 Å². The molecular weight excluding hydrogens is 380 g/mol. The van der Waals surface area contributed by atoms with Gasteiger partial charge in [0.2, 0.25) is 5.78 Å². The second kappa shape index (κ2) is 8.37. The van der Waals surface area contributed by atoms with Crippen molar-refractivity contribution in [3.8, 4) is 0 Å². The van der Waals surface area contributed by atoms with Crippen LogP contribution in [0.4, 0.5) is 0 Å². The summed E-state index contributed by atoms with van der Waals surface area (Å²) in [6, 6.07) is 4.99. The van der Waals surface area contributed by atoms with Gasteiger partial charge in [-0.3, -0.25) is 9.59 Å². The number of hydrogen-bond acceptors (Lipinski definition) is 6. The van der Waals surface area contributed by atoms with E-state index >= 15 is 0 Å². The van der Waals surface area contributed by atoms with Crippen LogP contribution in [0.25, 0.3) is 0 Å². The molecule has 1 aliphatic heterocycles. The van der Waals surface area contributed by atoms with Crippen molar-refractivity contribution in [1.29, 1.82) is 0 Å². The molecule has 144 valence electrons. The number of Topliss-reactive ketones (excluding diaryl/α,β-unsaturated/α-hetero) is 1. The number of thiophene rings is 2. The van der Waals surface area contributed by atoms with E-state index in [9.17, 15) is 14.7 Å². The fourth-order valence-electron chi connectivity index (χ4n) is 3.38. The van der Waals surface area contributed by atoms with Gasteiger partial charge >= 0.3 is 0 Å². The Kier molecular flexibility index (Phi) is 6.14. The molecule has 5 nitrogen and oxygen atoms in total. The highest BCUT2D eigenvalue weighted by Crippen LogP contribution is 2.42. The highest BCUT2D eigenvalue weighted by atomic mass is 32.1. The minimum atomic E-state index is -0.525. The topological polar surface area (TPSA) is 60.9 Å². The fraction of sp³-hybridized carbons (Fsp3) is 0.400. The molecular formula is C20H24N2O3S2. The molecule has 1 atom stereocenters. The van der Waals surface area contributed by atoms with Gasteiger partial charge in [0.05, 0.1) is 16.5 Å². The summed E-state index contributed by atoms with van der Waals surface area (Å²) in [6.07, 6.45) is 0. The van der Waals surface area contributed by atoms with Gasteiger partial charge in [0.1, 0.15) is 0 Å². The van der Waals surface area contributed by atoms with Crippen molar-refractivity contribution in [2.24, 2.45) is 0 Å². The van der Waals surface area contributed by atoms with Gasteiger partial charge in [-0.1, -0.05) is 19.9 Å². The van der Waals surface area contributed by atoms with E-state index in [-0.39, 0.29) is 11.4 Å². The Morgan fingerprint density at radius 2 is 1.96 bits per heavy atom. The van der Waals surface area contributed by atoms with Crippen molar-refractivity contribution in [3.05, 3.63) is 55.6 Å². The van der Waals surface area contributed by atoms with Crippen LogP contribution in [0.1, 0.15) is 40.0 Å².